The zero-order valence-electron chi connectivity index (χ0n) is 17.3. The first-order chi connectivity index (χ1) is 13.9. The van der Waals surface area contributed by atoms with E-state index in [-0.39, 0.29) is 17.0 Å². The van der Waals surface area contributed by atoms with E-state index in [4.69, 9.17) is 0 Å². The fourth-order valence-electron chi connectivity index (χ4n) is 4.06. The summed E-state index contributed by atoms with van der Waals surface area (Å²) in [5.74, 6) is 0. The Kier molecular flexibility index (Phi) is 8.43. The first-order valence-electron chi connectivity index (χ1n) is 10.9. The number of benzene rings is 2. The largest absolute Gasteiger partial charge is 1.00 e. The molecule has 0 saturated carbocycles. The van der Waals surface area contributed by atoms with Crippen LogP contribution < -0.4 is 26.9 Å². The average molecular weight is 472 g/mol. The van der Waals surface area contributed by atoms with Crippen molar-refractivity contribution in [3.63, 3.8) is 0 Å². The summed E-state index contributed by atoms with van der Waals surface area (Å²) in [5.41, 5.74) is 3.80. The monoisotopic (exact) mass is 470 g/mol. The lowest BCUT2D eigenvalue weighted by Gasteiger charge is -2.21. The minimum Gasteiger partial charge on any atom is -1.00 e. The molecule has 1 aliphatic heterocycles. The molecule has 2 heterocycles. The molecular weight excluding hydrogens is 440 g/mol. The molecule has 4 heteroatoms. The van der Waals surface area contributed by atoms with Crippen molar-refractivity contribution in [1.82, 2.24) is 0 Å². The third kappa shape index (κ3) is 5.35. The Labute approximate surface area is 189 Å². The first-order valence-corrected chi connectivity index (χ1v) is 11.7. The van der Waals surface area contributed by atoms with Gasteiger partial charge in [-0.05, 0) is 24.6 Å². The number of pyridine rings is 1. The van der Waals surface area contributed by atoms with Gasteiger partial charge in [-0.3, -0.25) is 0 Å². The third-order valence-electron chi connectivity index (χ3n) is 5.62. The highest BCUT2D eigenvalue weighted by atomic mass is 79.9. The molecule has 0 bridgehead atoms. The van der Waals surface area contributed by atoms with Crippen molar-refractivity contribution in [2.75, 3.05) is 5.32 Å². The lowest BCUT2D eigenvalue weighted by atomic mass is 10.1. The topological polar surface area (TPSA) is 15.9 Å². The van der Waals surface area contributed by atoms with Gasteiger partial charge in [0, 0.05) is 17.4 Å². The normalized spacial score (nSPS) is 12.0. The Morgan fingerprint density at radius 1 is 0.793 bits per heavy atom. The fourth-order valence-corrected chi connectivity index (χ4v) is 5.12. The van der Waals surface area contributed by atoms with Gasteiger partial charge in [-0.2, -0.15) is 4.57 Å². The second-order valence-electron chi connectivity index (χ2n) is 7.78. The number of unbranched alkanes of at least 4 members (excludes halogenated alkanes) is 7. The summed E-state index contributed by atoms with van der Waals surface area (Å²) < 4.78 is 2.47. The molecule has 0 amide bonds. The summed E-state index contributed by atoms with van der Waals surface area (Å²) in [4.78, 5) is 2.64. The molecule has 4 rings (SSSR count). The summed E-state index contributed by atoms with van der Waals surface area (Å²) in [6, 6.07) is 17.4. The number of aromatic nitrogens is 1. The van der Waals surface area contributed by atoms with Crippen molar-refractivity contribution >= 4 is 34.0 Å². The van der Waals surface area contributed by atoms with Crippen LogP contribution in [-0.4, -0.2) is 0 Å². The van der Waals surface area contributed by atoms with E-state index in [1.54, 1.807) is 0 Å². The fraction of sp³-hybridized carbons (Fsp3) is 0.400. The van der Waals surface area contributed by atoms with E-state index in [0.717, 1.165) is 6.54 Å². The molecule has 0 radical (unpaired) electrons. The number of nitrogens with zero attached hydrogens (tertiary/aromatic N) is 1. The Hall–Kier alpha value is -1.52. The van der Waals surface area contributed by atoms with Crippen LogP contribution in [0.5, 0.6) is 0 Å². The van der Waals surface area contributed by atoms with E-state index >= 15 is 0 Å². The Morgan fingerprint density at radius 3 is 2.31 bits per heavy atom. The van der Waals surface area contributed by atoms with Gasteiger partial charge < -0.3 is 22.3 Å². The van der Waals surface area contributed by atoms with Crippen molar-refractivity contribution in [2.24, 2.45) is 0 Å². The van der Waals surface area contributed by atoms with E-state index in [1.165, 1.54) is 83.4 Å². The number of hydrogen-bond donors (Lipinski definition) is 1. The summed E-state index contributed by atoms with van der Waals surface area (Å²) in [6.07, 6.45) is 13.3. The lowest BCUT2D eigenvalue weighted by Crippen LogP contribution is -3.00. The van der Waals surface area contributed by atoms with Gasteiger partial charge in [0.1, 0.15) is 11.4 Å². The third-order valence-corrected chi connectivity index (χ3v) is 6.73. The Bertz CT molecular complexity index is 941. The number of anilines is 2. The minimum absolute atomic E-state index is 0. The minimum atomic E-state index is 0. The van der Waals surface area contributed by atoms with E-state index in [0.29, 0.717) is 0 Å². The predicted octanol–water partition coefficient (Wildman–Crippen LogP) is 4.48. The molecule has 0 saturated heterocycles. The maximum Gasteiger partial charge on any atom is 0.214 e. The molecule has 1 aliphatic rings. The number of nitrogens with one attached hydrogen (secondary N) is 1. The summed E-state index contributed by atoms with van der Waals surface area (Å²) in [7, 11) is 0. The molecule has 2 aromatic carbocycles. The van der Waals surface area contributed by atoms with Gasteiger partial charge in [0.05, 0.1) is 16.8 Å². The maximum atomic E-state index is 3.68. The van der Waals surface area contributed by atoms with Gasteiger partial charge in [-0.1, -0.05) is 81.5 Å². The van der Waals surface area contributed by atoms with Gasteiger partial charge in [0.25, 0.3) is 0 Å². The first kappa shape index (κ1) is 22.2. The van der Waals surface area contributed by atoms with Crippen LogP contribution >= 0.6 is 11.8 Å². The molecule has 0 unspecified atom stereocenters. The van der Waals surface area contributed by atoms with E-state index in [2.05, 4.69) is 71.5 Å². The number of fused-ring (bicyclic) bond motifs is 4. The highest BCUT2D eigenvalue weighted by molar-refractivity contribution is 7.99. The molecule has 3 aromatic rings. The highest BCUT2D eigenvalue weighted by Gasteiger charge is 2.23. The zero-order chi connectivity index (χ0) is 19.2. The molecule has 154 valence electrons. The number of hydrogen-bond acceptors (Lipinski definition) is 2. The Balaban J connectivity index is 0.00000240. The van der Waals surface area contributed by atoms with Gasteiger partial charge in [-0.25, -0.2) is 0 Å². The molecule has 0 spiro atoms. The standard InChI is InChI=1S/C25H30N2S.BrH/c1-2-3-4-5-6-7-8-13-18-27-19-24-25(20-14-9-11-16-22(20)27)26-21-15-10-12-17-23(21)28-24;/h9-12,14-17,19H,2-8,13,18H2,1H3;1H. The van der Waals surface area contributed by atoms with E-state index < -0.39 is 0 Å². The number of rotatable bonds is 9. The van der Waals surface area contributed by atoms with Crippen LogP contribution in [0.4, 0.5) is 11.4 Å². The van der Waals surface area contributed by atoms with Crippen molar-refractivity contribution < 1.29 is 21.5 Å². The number of para-hydroxylation sites is 2. The van der Waals surface area contributed by atoms with Crippen molar-refractivity contribution in [2.45, 2.75) is 74.6 Å². The van der Waals surface area contributed by atoms with Crippen molar-refractivity contribution in [3.05, 3.63) is 54.7 Å². The average Bonchev–Trinajstić information content (AvgIpc) is 2.74. The predicted molar refractivity (Wildman–Crippen MR) is 121 cm³/mol. The number of halogens is 1. The van der Waals surface area contributed by atoms with Gasteiger partial charge >= 0.3 is 0 Å². The summed E-state index contributed by atoms with van der Waals surface area (Å²) >= 11 is 1.88. The van der Waals surface area contributed by atoms with Crippen LogP contribution in [0, 0.1) is 0 Å². The highest BCUT2D eigenvalue weighted by Crippen LogP contribution is 2.45. The molecule has 0 fully saturated rings. The second kappa shape index (κ2) is 11.0. The molecule has 0 atom stereocenters. The maximum absolute atomic E-state index is 3.68. The van der Waals surface area contributed by atoms with Crippen LogP contribution in [-0.2, 0) is 6.54 Å². The lowest BCUT2D eigenvalue weighted by molar-refractivity contribution is -0.673. The Morgan fingerprint density at radius 2 is 1.48 bits per heavy atom. The zero-order valence-corrected chi connectivity index (χ0v) is 19.7. The molecule has 1 aromatic heterocycles. The van der Waals surface area contributed by atoms with E-state index in [9.17, 15) is 0 Å². The van der Waals surface area contributed by atoms with Gasteiger partial charge in [-0.15, -0.1) is 0 Å². The molecule has 1 N–H and O–H groups in total. The van der Waals surface area contributed by atoms with Crippen molar-refractivity contribution in [1.29, 1.82) is 0 Å². The SMILES string of the molecule is CCCCCCCCCC[n+]1cc2c(c3ccccc31)Nc1ccccc1S2.[Br-]. The summed E-state index contributed by atoms with van der Waals surface area (Å²) in [5, 5.41) is 5.00. The van der Waals surface area contributed by atoms with Crippen molar-refractivity contribution in [3.8, 4) is 0 Å². The van der Waals surface area contributed by atoms with Crippen LogP contribution in [0.1, 0.15) is 58.3 Å². The smallest absolute Gasteiger partial charge is 0.214 e. The van der Waals surface area contributed by atoms with Crippen LogP contribution in [0.25, 0.3) is 10.9 Å². The van der Waals surface area contributed by atoms with Crippen LogP contribution in [0.15, 0.2) is 64.5 Å². The van der Waals surface area contributed by atoms with Crippen LogP contribution in [0.2, 0.25) is 0 Å². The van der Waals surface area contributed by atoms with Gasteiger partial charge in [0.15, 0.2) is 6.20 Å². The molecule has 0 aliphatic carbocycles. The van der Waals surface area contributed by atoms with Gasteiger partial charge in [0.2, 0.25) is 5.52 Å². The summed E-state index contributed by atoms with van der Waals surface area (Å²) in [6.45, 7) is 3.39. The van der Waals surface area contributed by atoms with Crippen LogP contribution in [0.3, 0.4) is 0 Å². The molecule has 2 nitrogen and oxygen atoms in total. The second-order valence-corrected chi connectivity index (χ2v) is 8.86. The molecule has 29 heavy (non-hydrogen) atoms. The number of aryl methyl sites for hydroxylation is 1. The quantitative estimate of drug-likeness (QED) is 0.286. The van der Waals surface area contributed by atoms with E-state index in [1.807, 2.05) is 11.8 Å². The molecular formula is C25H31BrN2S.